The van der Waals surface area contributed by atoms with Gasteiger partial charge in [-0.05, 0) is 54.2 Å². The second kappa shape index (κ2) is 9.16. The third kappa shape index (κ3) is 4.88. The molecule has 0 saturated heterocycles. The molecule has 150 valence electrons. The minimum absolute atomic E-state index is 0.0197. The van der Waals surface area contributed by atoms with Gasteiger partial charge in [0.15, 0.2) is 10.6 Å². The number of nitrogens with one attached hydrogen (secondary N) is 3. The van der Waals surface area contributed by atoms with Crippen LogP contribution in [0.4, 0.5) is 0 Å². The second-order valence-corrected chi connectivity index (χ2v) is 6.61. The van der Waals surface area contributed by atoms with E-state index in [0.717, 1.165) is 16.9 Å². The van der Waals surface area contributed by atoms with Gasteiger partial charge in [0.05, 0.1) is 7.11 Å². The molecular weight excluding hydrogens is 390 g/mol. The van der Waals surface area contributed by atoms with Gasteiger partial charge in [-0.3, -0.25) is 19.3 Å². The number of nitrogens with zero attached hydrogens (tertiary/aromatic N) is 2. The highest BCUT2D eigenvalue weighted by Gasteiger charge is 2.13. The number of hydrogen-bond donors (Lipinski definition) is 3. The molecule has 3 aromatic rings. The third-order valence-electron chi connectivity index (χ3n) is 4.31. The van der Waals surface area contributed by atoms with E-state index in [0.29, 0.717) is 22.7 Å². The van der Waals surface area contributed by atoms with Crippen LogP contribution < -0.4 is 15.4 Å². The average molecular weight is 411 g/mol. The number of ether oxygens (including phenoxy) is 1. The Bertz CT molecular complexity index is 1070. The van der Waals surface area contributed by atoms with Crippen molar-refractivity contribution in [3.63, 3.8) is 0 Å². The van der Waals surface area contributed by atoms with Gasteiger partial charge in [0.1, 0.15) is 12.3 Å². The molecule has 0 atom stereocenters. The van der Waals surface area contributed by atoms with Crippen LogP contribution >= 0.6 is 12.2 Å². The molecule has 2 aromatic carbocycles. The van der Waals surface area contributed by atoms with Gasteiger partial charge < -0.3 is 15.4 Å². The molecule has 1 aromatic heterocycles. The fraction of sp³-hybridized carbons (Fsp3) is 0.200. The van der Waals surface area contributed by atoms with Crippen LogP contribution in [0.15, 0.2) is 48.5 Å². The van der Waals surface area contributed by atoms with Crippen molar-refractivity contribution in [2.24, 2.45) is 0 Å². The molecule has 3 rings (SSSR count). The number of carbonyl (C=O) groups is 2. The summed E-state index contributed by atoms with van der Waals surface area (Å²) in [5, 5.41) is 12.4. The summed E-state index contributed by atoms with van der Waals surface area (Å²) < 4.78 is 7.15. The molecule has 0 unspecified atom stereocenters. The molecule has 3 N–H and O–H groups in total. The first-order valence-electron chi connectivity index (χ1n) is 8.89. The largest absolute Gasteiger partial charge is 0.497 e. The highest BCUT2D eigenvalue weighted by atomic mass is 32.1. The fourth-order valence-corrected chi connectivity index (χ4v) is 2.99. The van der Waals surface area contributed by atoms with Crippen molar-refractivity contribution in [3.8, 4) is 17.1 Å². The molecule has 0 aliphatic rings. The zero-order valence-corrected chi connectivity index (χ0v) is 16.9. The van der Waals surface area contributed by atoms with E-state index in [1.54, 1.807) is 36.9 Å². The van der Waals surface area contributed by atoms with Crippen LogP contribution in [0.3, 0.4) is 0 Å². The van der Waals surface area contributed by atoms with Gasteiger partial charge in [0, 0.05) is 24.7 Å². The normalized spacial score (nSPS) is 10.4. The van der Waals surface area contributed by atoms with E-state index in [2.05, 4.69) is 20.8 Å². The highest BCUT2D eigenvalue weighted by Crippen LogP contribution is 2.20. The number of methoxy groups -OCH3 is 1. The van der Waals surface area contributed by atoms with E-state index >= 15 is 0 Å². The van der Waals surface area contributed by atoms with Crippen molar-refractivity contribution in [2.45, 2.75) is 13.1 Å². The minimum Gasteiger partial charge on any atom is -0.497 e. The van der Waals surface area contributed by atoms with Crippen molar-refractivity contribution in [1.29, 1.82) is 0 Å². The number of amides is 2. The SMILES string of the molecule is CNC(=O)c1cccc(CNC(=O)Cn2c(-c3ccc(OC)cc3)n[nH]c2=S)c1. The Balaban J connectivity index is 1.69. The lowest BCUT2D eigenvalue weighted by Gasteiger charge is -2.09. The standard InChI is InChI=1S/C20H21N5O3S/c1-21-19(27)15-5-3-4-13(10-15)11-22-17(26)12-25-18(23-24-20(25)29)14-6-8-16(28-2)9-7-14/h3-10H,11-12H2,1-2H3,(H,21,27)(H,22,26)(H,24,29). The van der Waals surface area contributed by atoms with E-state index in [4.69, 9.17) is 17.0 Å². The maximum Gasteiger partial charge on any atom is 0.251 e. The Hall–Kier alpha value is -3.46. The van der Waals surface area contributed by atoms with Crippen LogP contribution in [0.25, 0.3) is 11.4 Å². The lowest BCUT2D eigenvalue weighted by molar-refractivity contribution is -0.121. The van der Waals surface area contributed by atoms with Crippen molar-refractivity contribution in [3.05, 3.63) is 64.4 Å². The topological polar surface area (TPSA) is 101 Å². The van der Waals surface area contributed by atoms with Gasteiger partial charge >= 0.3 is 0 Å². The second-order valence-electron chi connectivity index (χ2n) is 6.22. The first kappa shape index (κ1) is 20.3. The summed E-state index contributed by atoms with van der Waals surface area (Å²) >= 11 is 5.27. The smallest absolute Gasteiger partial charge is 0.251 e. The van der Waals surface area contributed by atoms with Crippen molar-refractivity contribution >= 4 is 24.0 Å². The maximum atomic E-state index is 12.5. The summed E-state index contributed by atoms with van der Waals surface area (Å²) in [4.78, 5) is 24.2. The zero-order valence-electron chi connectivity index (χ0n) is 16.1. The van der Waals surface area contributed by atoms with Gasteiger partial charge in [-0.25, -0.2) is 0 Å². The predicted molar refractivity (Wildman–Crippen MR) is 111 cm³/mol. The van der Waals surface area contributed by atoms with Gasteiger partial charge in [-0.15, -0.1) is 0 Å². The molecule has 0 aliphatic heterocycles. The quantitative estimate of drug-likeness (QED) is 0.518. The molecule has 0 saturated carbocycles. The molecule has 0 fully saturated rings. The van der Waals surface area contributed by atoms with Crippen LogP contribution in [0.5, 0.6) is 5.75 Å². The number of aromatic nitrogens is 3. The van der Waals surface area contributed by atoms with Crippen molar-refractivity contribution < 1.29 is 14.3 Å². The Kier molecular flexibility index (Phi) is 6.40. The fourth-order valence-electron chi connectivity index (χ4n) is 2.79. The molecule has 8 nitrogen and oxygen atoms in total. The van der Waals surface area contributed by atoms with Crippen LogP contribution in [-0.2, 0) is 17.9 Å². The lowest BCUT2D eigenvalue weighted by atomic mass is 10.1. The van der Waals surface area contributed by atoms with E-state index in [-0.39, 0.29) is 18.4 Å². The number of aromatic amines is 1. The summed E-state index contributed by atoms with van der Waals surface area (Å²) in [6, 6.07) is 14.4. The van der Waals surface area contributed by atoms with Crippen LogP contribution in [0, 0.1) is 4.77 Å². The summed E-state index contributed by atoms with van der Waals surface area (Å²) in [5.41, 5.74) is 2.17. The Morgan fingerprint density at radius 3 is 2.66 bits per heavy atom. The van der Waals surface area contributed by atoms with Gasteiger partial charge in [-0.2, -0.15) is 5.10 Å². The number of rotatable bonds is 7. The first-order valence-corrected chi connectivity index (χ1v) is 9.30. The highest BCUT2D eigenvalue weighted by molar-refractivity contribution is 7.71. The van der Waals surface area contributed by atoms with Crippen LogP contribution in [-0.4, -0.2) is 40.7 Å². The van der Waals surface area contributed by atoms with Crippen LogP contribution in [0.2, 0.25) is 0 Å². The molecule has 9 heteroatoms. The minimum atomic E-state index is -0.220. The van der Waals surface area contributed by atoms with Gasteiger partial charge in [-0.1, -0.05) is 12.1 Å². The third-order valence-corrected chi connectivity index (χ3v) is 4.63. The zero-order chi connectivity index (χ0) is 20.8. The maximum absolute atomic E-state index is 12.5. The molecule has 0 bridgehead atoms. The Morgan fingerprint density at radius 1 is 1.21 bits per heavy atom. The number of benzene rings is 2. The summed E-state index contributed by atoms with van der Waals surface area (Å²) in [5.74, 6) is 0.898. The first-order chi connectivity index (χ1) is 14.0. The summed E-state index contributed by atoms with van der Waals surface area (Å²) in [6.45, 7) is 0.318. The lowest BCUT2D eigenvalue weighted by Crippen LogP contribution is -2.27. The van der Waals surface area contributed by atoms with E-state index in [9.17, 15) is 9.59 Å². The number of hydrogen-bond acceptors (Lipinski definition) is 5. The van der Waals surface area contributed by atoms with Crippen molar-refractivity contribution in [1.82, 2.24) is 25.4 Å². The number of H-pyrrole nitrogens is 1. The average Bonchev–Trinajstić information content (AvgIpc) is 3.12. The molecule has 0 spiro atoms. The molecule has 1 heterocycles. The van der Waals surface area contributed by atoms with E-state index in [1.165, 1.54) is 0 Å². The molecule has 2 amide bonds. The monoisotopic (exact) mass is 411 g/mol. The van der Waals surface area contributed by atoms with E-state index < -0.39 is 0 Å². The Morgan fingerprint density at radius 2 is 1.97 bits per heavy atom. The predicted octanol–water partition coefficient (Wildman–Crippen LogP) is 2.29. The molecule has 0 radical (unpaired) electrons. The van der Waals surface area contributed by atoms with Gasteiger partial charge in [0.2, 0.25) is 5.91 Å². The van der Waals surface area contributed by atoms with Gasteiger partial charge in [0.25, 0.3) is 5.91 Å². The van der Waals surface area contributed by atoms with E-state index in [1.807, 2.05) is 30.3 Å². The summed E-state index contributed by atoms with van der Waals surface area (Å²) in [7, 11) is 3.17. The molecule has 0 aliphatic carbocycles. The van der Waals surface area contributed by atoms with Crippen LogP contribution in [0.1, 0.15) is 15.9 Å². The summed E-state index contributed by atoms with van der Waals surface area (Å²) in [6.07, 6.45) is 0. The molecule has 29 heavy (non-hydrogen) atoms. The van der Waals surface area contributed by atoms with Crippen molar-refractivity contribution in [2.75, 3.05) is 14.2 Å². The Labute approximate surface area is 172 Å². The number of carbonyl (C=O) groups excluding carboxylic acids is 2. The molecular formula is C20H21N5O3S.